The van der Waals surface area contributed by atoms with Crippen molar-refractivity contribution < 1.29 is 18.6 Å². The Morgan fingerprint density at radius 2 is 1.90 bits per heavy atom. The minimum atomic E-state index is -0.851. The summed E-state index contributed by atoms with van der Waals surface area (Å²) in [6.07, 6.45) is 4.14. The fourth-order valence-electron chi connectivity index (χ4n) is 3.22. The Labute approximate surface area is 171 Å². The summed E-state index contributed by atoms with van der Waals surface area (Å²) in [5.41, 5.74) is 8.76. The molecule has 29 heavy (non-hydrogen) atoms. The van der Waals surface area contributed by atoms with Gasteiger partial charge in [-0.15, -0.1) is 6.58 Å². The minimum Gasteiger partial charge on any atom is -0.497 e. The Bertz CT molecular complexity index is 778. The Morgan fingerprint density at radius 1 is 1.17 bits per heavy atom. The fraction of sp³-hybridized carbons (Fsp3) is 0.391. The van der Waals surface area contributed by atoms with Gasteiger partial charge in [-0.2, -0.15) is 0 Å². The number of hydrogen-bond acceptors (Lipinski definition) is 4. The Hall–Kier alpha value is -2.28. The number of halogens is 2. The zero-order valence-electron chi connectivity index (χ0n) is 16.8. The Balaban J connectivity index is 1.91. The van der Waals surface area contributed by atoms with Crippen LogP contribution in [0.4, 0.5) is 8.78 Å². The number of ether oxygens (including phenoxy) is 1. The molecule has 0 saturated heterocycles. The van der Waals surface area contributed by atoms with Crippen LogP contribution in [0.15, 0.2) is 49.1 Å². The van der Waals surface area contributed by atoms with Crippen LogP contribution >= 0.6 is 0 Å². The molecule has 158 valence electrons. The molecule has 0 bridgehead atoms. The lowest BCUT2D eigenvalue weighted by molar-refractivity contribution is 0.141. The molecule has 0 unspecified atom stereocenters. The van der Waals surface area contributed by atoms with E-state index in [0.717, 1.165) is 36.6 Å². The first-order chi connectivity index (χ1) is 13.9. The third-order valence-corrected chi connectivity index (χ3v) is 4.82. The SMILES string of the molecule is C=CCCCc1ccc(OC)cc1CNC[C@@H](O)[C@@H](N)Cc1cc(F)cc(F)c1. The lowest BCUT2D eigenvalue weighted by atomic mass is 10.00. The second kappa shape index (κ2) is 11.7. The standard InChI is InChI=1S/C23H30F2N2O2/c1-3-4-5-6-17-7-8-21(29-2)12-18(17)14-27-15-23(28)22(26)11-16-9-19(24)13-20(25)10-16/h3,7-10,12-13,22-23,27-28H,1,4-6,11,14-15,26H2,2H3/t22-,23+/m0/s1. The Kier molecular flexibility index (Phi) is 9.25. The zero-order valence-corrected chi connectivity index (χ0v) is 16.8. The van der Waals surface area contributed by atoms with Gasteiger partial charge in [0.05, 0.1) is 13.2 Å². The van der Waals surface area contributed by atoms with Gasteiger partial charge in [-0.25, -0.2) is 8.78 Å². The van der Waals surface area contributed by atoms with Crippen LogP contribution in [0.2, 0.25) is 0 Å². The molecule has 6 heteroatoms. The highest BCUT2D eigenvalue weighted by molar-refractivity contribution is 5.36. The largest absolute Gasteiger partial charge is 0.497 e. The van der Waals surface area contributed by atoms with Crippen LogP contribution in [0.25, 0.3) is 0 Å². The summed E-state index contributed by atoms with van der Waals surface area (Å²) in [6.45, 7) is 4.57. The highest BCUT2D eigenvalue weighted by Crippen LogP contribution is 2.20. The molecule has 2 aromatic rings. The zero-order chi connectivity index (χ0) is 21.2. The van der Waals surface area contributed by atoms with E-state index in [1.807, 2.05) is 18.2 Å². The van der Waals surface area contributed by atoms with Crippen molar-refractivity contribution in [3.05, 3.63) is 77.4 Å². The summed E-state index contributed by atoms with van der Waals surface area (Å²) in [7, 11) is 1.63. The van der Waals surface area contributed by atoms with E-state index in [9.17, 15) is 13.9 Å². The van der Waals surface area contributed by atoms with Crippen molar-refractivity contribution in [2.45, 2.75) is 44.4 Å². The predicted molar refractivity (Wildman–Crippen MR) is 112 cm³/mol. The van der Waals surface area contributed by atoms with Gasteiger partial charge in [0.1, 0.15) is 17.4 Å². The molecule has 2 aromatic carbocycles. The molecule has 0 aromatic heterocycles. The molecule has 0 aliphatic heterocycles. The summed E-state index contributed by atoms with van der Waals surface area (Å²) in [4.78, 5) is 0. The summed E-state index contributed by atoms with van der Waals surface area (Å²) in [5, 5.41) is 13.5. The van der Waals surface area contributed by atoms with Crippen molar-refractivity contribution >= 4 is 0 Å². The monoisotopic (exact) mass is 404 g/mol. The van der Waals surface area contributed by atoms with Crippen LogP contribution in [0.5, 0.6) is 5.75 Å². The van der Waals surface area contributed by atoms with E-state index >= 15 is 0 Å². The summed E-state index contributed by atoms with van der Waals surface area (Å²) >= 11 is 0. The average molecular weight is 405 g/mol. The molecule has 0 fully saturated rings. The van der Waals surface area contributed by atoms with Crippen molar-refractivity contribution in [2.24, 2.45) is 5.73 Å². The van der Waals surface area contributed by atoms with Gasteiger partial charge in [0, 0.05) is 25.2 Å². The maximum Gasteiger partial charge on any atom is 0.126 e. The minimum absolute atomic E-state index is 0.184. The van der Waals surface area contributed by atoms with E-state index in [-0.39, 0.29) is 13.0 Å². The van der Waals surface area contributed by atoms with Gasteiger partial charge in [-0.05, 0) is 66.6 Å². The van der Waals surface area contributed by atoms with E-state index in [2.05, 4.69) is 18.0 Å². The van der Waals surface area contributed by atoms with E-state index in [0.29, 0.717) is 12.1 Å². The van der Waals surface area contributed by atoms with Gasteiger partial charge >= 0.3 is 0 Å². The van der Waals surface area contributed by atoms with E-state index < -0.39 is 23.8 Å². The highest BCUT2D eigenvalue weighted by atomic mass is 19.1. The number of benzene rings is 2. The molecule has 0 spiro atoms. The van der Waals surface area contributed by atoms with Crippen molar-refractivity contribution in [1.29, 1.82) is 0 Å². The molecule has 4 N–H and O–H groups in total. The molecule has 0 aliphatic carbocycles. The highest BCUT2D eigenvalue weighted by Gasteiger charge is 2.16. The quantitative estimate of drug-likeness (QED) is 0.374. The van der Waals surface area contributed by atoms with Gasteiger partial charge in [0.15, 0.2) is 0 Å². The number of rotatable bonds is 12. The second-order valence-electron chi connectivity index (χ2n) is 7.16. The van der Waals surface area contributed by atoms with Gasteiger partial charge in [-0.1, -0.05) is 12.1 Å². The van der Waals surface area contributed by atoms with E-state index in [1.165, 1.54) is 17.7 Å². The topological polar surface area (TPSA) is 67.5 Å². The molecule has 0 aliphatic rings. The van der Waals surface area contributed by atoms with Crippen LogP contribution < -0.4 is 15.8 Å². The van der Waals surface area contributed by atoms with Crippen LogP contribution in [0, 0.1) is 11.6 Å². The molecule has 2 atom stereocenters. The van der Waals surface area contributed by atoms with Crippen molar-refractivity contribution in [3.8, 4) is 5.75 Å². The summed E-state index contributed by atoms with van der Waals surface area (Å²) in [5.74, 6) is -0.525. The number of hydrogen-bond donors (Lipinski definition) is 3. The average Bonchev–Trinajstić information content (AvgIpc) is 2.68. The molecule has 2 rings (SSSR count). The maximum atomic E-state index is 13.3. The smallest absolute Gasteiger partial charge is 0.126 e. The Morgan fingerprint density at radius 3 is 2.55 bits per heavy atom. The number of nitrogens with one attached hydrogen (secondary N) is 1. The number of nitrogens with two attached hydrogens (primary N) is 1. The van der Waals surface area contributed by atoms with Crippen molar-refractivity contribution in [3.63, 3.8) is 0 Å². The molecule has 0 amide bonds. The lowest BCUT2D eigenvalue weighted by Crippen LogP contribution is -2.43. The molecule has 0 saturated carbocycles. The first-order valence-corrected chi connectivity index (χ1v) is 9.79. The number of allylic oxidation sites excluding steroid dienone is 1. The fourth-order valence-corrected chi connectivity index (χ4v) is 3.22. The number of aliphatic hydroxyl groups is 1. The molecular formula is C23H30F2N2O2. The molecule has 0 heterocycles. The molecule has 0 radical (unpaired) electrons. The van der Waals surface area contributed by atoms with Gasteiger partial charge < -0.3 is 20.9 Å². The third-order valence-electron chi connectivity index (χ3n) is 4.82. The van der Waals surface area contributed by atoms with Crippen molar-refractivity contribution in [2.75, 3.05) is 13.7 Å². The van der Waals surface area contributed by atoms with Crippen molar-refractivity contribution in [1.82, 2.24) is 5.32 Å². The van der Waals surface area contributed by atoms with Gasteiger partial charge in [-0.3, -0.25) is 0 Å². The van der Waals surface area contributed by atoms with Gasteiger partial charge in [0.25, 0.3) is 0 Å². The lowest BCUT2D eigenvalue weighted by Gasteiger charge is -2.20. The van der Waals surface area contributed by atoms with Crippen LogP contribution in [0.3, 0.4) is 0 Å². The molecular weight excluding hydrogens is 374 g/mol. The number of methoxy groups -OCH3 is 1. The first-order valence-electron chi connectivity index (χ1n) is 9.79. The number of unbranched alkanes of at least 4 members (excludes halogenated alkanes) is 1. The van der Waals surface area contributed by atoms with Crippen LogP contribution in [0.1, 0.15) is 29.5 Å². The van der Waals surface area contributed by atoms with Gasteiger partial charge in [0.2, 0.25) is 0 Å². The number of aryl methyl sites for hydroxylation is 1. The van der Waals surface area contributed by atoms with Crippen LogP contribution in [-0.2, 0) is 19.4 Å². The van der Waals surface area contributed by atoms with E-state index in [1.54, 1.807) is 7.11 Å². The summed E-state index contributed by atoms with van der Waals surface area (Å²) < 4.78 is 31.9. The first kappa shape index (κ1) is 23.0. The molecule has 4 nitrogen and oxygen atoms in total. The maximum absolute atomic E-state index is 13.3. The van der Waals surface area contributed by atoms with E-state index in [4.69, 9.17) is 10.5 Å². The second-order valence-corrected chi connectivity index (χ2v) is 7.16. The van der Waals surface area contributed by atoms with Crippen LogP contribution in [-0.4, -0.2) is 30.9 Å². The number of aliphatic hydroxyl groups excluding tert-OH is 1. The predicted octanol–water partition coefficient (Wildman–Crippen LogP) is 3.50. The summed E-state index contributed by atoms with van der Waals surface area (Å²) in [6, 6.07) is 8.62. The normalized spacial score (nSPS) is 13.1. The third kappa shape index (κ3) is 7.57.